The number of nitrogens with zero attached hydrogens (tertiary/aromatic N) is 1. The summed E-state index contributed by atoms with van der Waals surface area (Å²) in [6.07, 6.45) is 1.80. The van der Waals surface area contributed by atoms with Crippen molar-refractivity contribution < 1.29 is 5.11 Å². The molecule has 0 amide bonds. The first-order valence-corrected chi connectivity index (χ1v) is 5.72. The summed E-state index contributed by atoms with van der Waals surface area (Å²) in [7, 11) is 0. The van der Waals surface area contributed by atoms with Crippen LogP contribution in [0.3, 0.4) is 0 Å². The maximum Gasteiger partial charge on any atom is 0.0702 e. The monoisotopic (exact) mass is 228 g/mol. The van der Waals surface area contributed by atoms with Gasteiger partial charge < -0.3 is 10.4 Å². The molecule has 0 aliphatic heterocycles. The van der Waals surface area contributed by atoms with Gasteiger partial charge in [-0.25, -0.2) is 0 Å². The van der Waals surface area contributed by atoms with Gasteiger partial charge >= 0.3 is 0 Å². The summed E-state index contributed by atoms with van der Waals surface area (Å²) in [5.74, 6) is 0. The number of rotatable bonds is 5. The van der Waals surface area contributed by atoms with E-state index in [-0.39, 0.29) is 6.61 Å². The van der Waals surface area contributed by atoms with Crippen molar-refractivity contribution >= 4 is 0 Å². The van der Waals surface area contributed by atoms with Crippen molar-refractivity contribution in [1.82, 2.24) is 10.3 Å². The van der Waals surface area contributed by atoms with E-state index < -0.39 is 0 Å². The summed E-state index contributed by atoms with van der Waals surface area (Å²) in [6, 6.07) is 14.2. The van der Waals surface area contributed by atoms with E-state index in [1.165, 1.54) is 5.56 Å². The fourth-order valence-electron chi connectivity index (χ4n) is 1.69. The third kappa shape index (κ3) is 3.37. The lowest BCUT2D eigenvalue weighted by molar-refractivity contribution is 0.292. The van der Waals surface area contributed by atoms with Gasteiger partial charge in [-0.15, -0.1) is 0 Å². The summed E-state index contributed by atoms with van der Waals surface area (Å²) in [5, 5.41) is 11.9. The third-order valence-electron chi connectivity index (χ3n) is 2.51. The summed E-state index contributed by atoms with van der Waals surface area (Å²) in [6.45, 7) is 1.55. The van der Waals surface area contributed by atoms with Crippen molar-refractivity contribution in [3.63, 3.8) is 0 Å². The molecule has 1 aromatic heterocycles. The first-order chi connectivity index (χ1) is 8.40. The van der Waals surface area contributed by atoms with Gasteiger partial charge in [0.05, 0.1) is 12.3 Å². The first kappa shape index (κ1) is 11.8. The Hall–Kier alpha value is -1.71. The molecule has 0 aliphatic rings. The predicted molar refractivity (Wildman–Crippen MR) is 68.5 cm³/mol. The number of aliphatic hydroxyl groups is 1. The molecule has 3 nitrogen and oxygen atoms in total. The quantitative estimate of drug-likeness (QED) is 0.767. The van der Waals surface area contributed by atoms with Gasteiger partial charge in [-0.3, -0.25) is 4.98 Å². The summed E-state index contributed by atoms with van der Waals surface area (Å²) >= 11 is 0. The van der Waals surface area contributed by atoms with Crippen LogP contribution in [-0.4, -0.2) is 23.2 Å². The number of hydrogen-bond donors (Lipinski definition) is 2. The van der Waals surface area contributed by atoms with E-state index in [0.29, 0.717) is 6.54 Å². The van der Waals surface area contributed by atoms with Gasteiger partial charge in [0.25, 0.3) is 0 Å². The second-order valence-corrected chi connectivity index (χ2v) is 3.82. The highest BCUT2D eigenvalue weighted by Crippen LogP contribution is 2.17. The van der Waals surface area contributed by atoms with E-state index in [2.05, 4.69) is 28.5 Å². The average Bonchev–Trinajstić information content (AvgIpc) is 2.41. The van der Waals surface area contributed by atoms with Crippen LogP contribution in [0.4, 0.5) is 0 Å². The van der Waals surface area contributed by atoms with E-state index in [4.69, 9.17) is 5.11 Å². The molecular formula is C14H16N2O. The molecule has 88 valence electrons. The van der Waals surface area contributed by atoms with Crippen molar-refractivity contribution in [2.45, 2.75) is 6.54 Å². The Labute approximate surface area is 101 Å². The average molecular weight is 228 g/mol. The number of nitrogens with one attached hydrogen (secondary N) is 1. The van der Waals surface area contributed by atoms with Crippen LogP contribution in [0, 0.1) is 0 Å². The van der Waals surface area contributed by atoms with E-state index in [0.717, 1.165) is 17.8 Å². The third-order valence-corrected chi connectivity index (χ3v) is 2.51. The summed E-state index contributed by atoms with van der Waals surface area (Å²) in [4.78, 5) is 4.33. The Morgan fingerprint density at radius 3 is 2.82 bits per heavy atom. The summed E-state index contributed by atoms with van der Waals surface area (Å²) in [5.41, 5.74) is 3.30. The summed E-state index contributed by atoms with van der Waals surface area (Å²) < 4.78 is 0. The van der Waals surface area contributed by atoms with Crippen LogP contribution in [0.25, 0.3) is 11.3 Å². The Morgan fingerprint density at radius 2 is 2.06 bits per heavy atom. The lowest BCUT2D eigenvalue weighted by Crippen LogP contribution is -2.17. The standard InChI is InChI=1S/C14H16N2O/c17-9-8-15-11-12-4-3-5-13(10-12)14-6-1-2-7-16-14/h1-7,10,15,17H,8-9,11H2. The Kier molecular flexibility index (Phi) is 4.24. The van der Waals surface area contributed by atoms with E-state index >= 15 is 0 Å². The number of pyridine rings is 1. The molecule has 0 saturated carbocycles. The van der Waals surface area contributed by atoms with E-state index in [1.807, 2.05) is 24.3 Å². The minimum absolute atomic E-state index is 0.167. The molecule has 2 aromatic rings. The van der Waals surface area contributed by atoms with Gasteiger partial charge in [-0.2, -0.15) is 0 Å². The zero-order valence-corrected chi connectivity index (χ0v) is 9.63. The molecule has 3 heteroatoms. The Morgan fingerprint density at radius 1 is 1.12 bits per heavy atom. The van der Waals surface area contributed by atoms with Crippen LogP contribution in [0.1, 0.15) is 5.56 Å². The van der Waals surface area contributed by atoms with Crippen LogP contribution in [0.5, 0.6) is 0 Å². The number of benzene rings is 1. The fraction of sp³-hybridized carbons (Fsp3) is 0.214. The fourth-order valence-corrected chi connectivity index (χ4v) is 1.69. The van der Waals surface area contributed by atoms with Crippen LogP contribution in [-0.2, 0) is 6.54 Å². The van der Waals surface area contributed by atoms with Crippen molar-refractivity contribution in [2.75, 3.05) is 13.2 Å². The molecule has 0 aliphatic carbocycles. The Bertz CT molecular complexity index is 457. The predicted octanol–water partition coefficient (Wildman–Crippen LogP) is 1.83. The molecule has 1 aromatic carbocycles. The van der Waals surface area contributed by atoms with E-state index in [9.17, 15) is 0 Å². The number of hydrogen-bond acceptors (Lipinski definition) is 3. The smallest absolute Gasteiger partial charge is 0.0702 e. The lowest BCUT2D eigenvalue weighted by atomic mass is 10.1. The van der Waals surface area contributed by atoms with Crippen molar-refractivity contribution in [1.29, 1.82) is 0 Å². The Balaban J connectivity index is 2.12. The normalized spacial score (nSPS) is 10.4. The van der Waals surface area contributed by atoms with Crippen LogP contribution < -0.4 is 5.32 Å². The number of aromatic nitrogens is 1. The zero-order valence-electron chi connectivity index (χ0n) is 9.63. The molecule has 0 spiro atoms. The maximum atomic E-state index is 8.70. The van der Waals surface area contributed by atoms with Gasteiger partial charge in [0.1, 0.15) is 0 Å². The highest BCUT2D eigenvalue weighted by molar-refractivity contribution is 5.59. The molecule has 0 fully saturated rings. The zero-order chi connectivity index (χ0) is 11.9. The highest BCUT2D eigenvalue weighted by Gasteiger charge is 1.99. The molecule has 0 bridgehead atoms. The molecule has 0 unspecified atom stereocenters. The van der Waals surface area contributed by atoms with E-state index in [1.54, 1.807) is 6.20 Å². The second-order valence-electron chi connectivity index (χ2n) is 3.82. The van der Waals surface area contributed by atoms with Gasteiger partial charge in [-0.1, -0.05) is 24.3 Å². The highest BCUT2D eigenvalue weighted by atomic mass is 16.3. The molecule has 0 saturated heterocycles. The van der Waals surface area contributed by atoms with Crippen LogP contribution in [0.15, 0.2) is 48.7 Å². The van der Waals surface area contributed by atoms with Crippen LogP contribution in [0.2, 0.25) is 0 Å². The van der Waals surface area contributed by atoms with Crippen molar-refractivity contribution in [2.24, 2.45) is 0 Å². The first-order valence-electron chi connectivity index (χ1n) is 5.72. The van der Waals surface area contributed by atoms with Crippen molar-refractivity contribution in [3.05, 3.63) is 54.2 Å². The minimum atomic E-state index is 0.167. The largest absolute Gasteiger partial charge is 0.395 e. The molecular weight excluding hydrogens is 212 g/mol. The topological polar surface area (TPSA) is 45.1 Å². The molecule has 0 radical (unpaired) electrons. The van der Waals surface area contributed by atoms with Gasteiger partial charge in [0.15, 0.2) is 0 Å². The SMILES string of the molecule is OCCNCc1cccc(-c2ccccn2)c1. The van der Waals surface area contributed by atoms with Gasteiger partial charge in [0, 0.05) is 24.8 Å². The van der Waals surface area contributed by atoms with Gasteiger partial charge in [-0.05, 0) is 23.8 Å². The maximum absolute atomic E-state index is 8.70. The van der Waals surface area contributed by atoms with Gasteiger partial charge in [0.2, 0.25) is 0 Å². The molecule has 17 heavy (non-hydrogen) atoms. The molecule has 2 rings (SSSR count). The molecule has 1 heterocycles. The second kappa shape index (κ2) is 6.13. The van der Waals surface area contributed by atoms with Crippen LogP contribution >= 0.6 is 0 Å². The molecule has 2 N–H and O–H groups in total. The minimum Gasteiger partial charge on any atom is -0.395 e. The molecule has 0 atom stereocenters. The lowest BCUT2D eigenvalue weighted by Gasteiger charge is -2.05. The number of aliphatic hydroxyl groups excluding tert-OH is 1. The van der Waals surface area contributed by atoms with Crippen molar-refractivity contribution in [3.8, 4) is 11.3 Å².